The van der Waals surface area contributed by atoms with Crippen molar-refractivity contribution in [2.45, 2.75) is 43.7 Å². The molecule has 0 spiro atoms. The Labute approximate surface area is 139 Å². The van der Waals surface area contributed by atoms with E-state index in [0.717, 1.165) is 39.0 Å². The van der Waals surface area contributed by atoms with Crippen LogP contribution in [0.25, 0.3) is 0 Å². The smallest absolute Gasteiger partial charge is 0.250 e. The van der Waals surface area contributed by atoms with E-state index in [0.29, 0.717) is 13.2 Å². The molecule has 0 bridgehead atoms. The van der Waals surface area contributed by atoms with E-state index in [4.69, 9.17) is 4.74 Å². The van der Waals surface area contributed by atoms with Crippen LogP contribution in [0, 0.1) is 0 Å². The van der Waals surface area contributed by atoms with Crippen molar-refractivity contribution in [1.29, 1.82) is 0 Å². The summed E-state index contributed by atoms with van der Waals surface area (Å²) >= 11 is 0. The molecule has 23 heavy (non-hydrogen) atoms. The minimum Gasteiger partial charge on any atom is -0.366 e. The first-order chi connectivity index (χ1) is 11.2. The molecule has 0 aromatic carbocycles. The number of morpholine rings is 1. The van der Waals surface area contributed by atoms with E-state index in [2.05, 4.69) is 27.5 Å². The largest absolute Gasteiger partial charge is 0.366 e. The number of hydrogen-bond donors (Lipinski definition) is 2. The molecule has 0 aromatic rings. The van der Waals surface area contributed by atoms with Crippen molar-refractivity contribution < 1.29 is 9.53 Å². The second-order valence-electron chi connectivity index (χ2n) is 7.36. The van der Waals surface area contributed by atoms with Crippen molar-refractivity contribution in [3.8, 4) is 0 Å². The molecule has 3 rings (SSSR count). The van der Waals surface area contributed by atoms with Gasteiger partial charge in [-0.1, -0.05) is 6.42 Å². The van der Waals surface area contributed by atoms with Gasteiger partial charge in [0.15, 0.2) is 0 Å². The number of piperidine rings is 2. The van der Waals surface area contributed by atoms with Crippen molar-refractivity contribution in [2.24, 2.45) is 0 Å². The average Bonchev–Trinajstić information content (AvgIpc) is 2.63. The van der Waals surface area contributed by atoms with Crippen molar-refractivity contribution in [3.63, 3.8) is 0 Å². The molecule has 132 valence electrons. The van der Waals surface area contributed by atoms with Crippen LogP contribution < -0.4 is 10.6 Å². The van der Waals surface area contributed by atoms with E-state index in [9.17, 15) is 4.79 Å². The number of rotatable bonds is 4. The number of nitrogens with one attached hydrogen (secondary N) is 2. The van der Waals surface area contributed by atoms with E-state index >= 15 is 0 Å². The van der Waals surface area contributed by atoms with Crippen LogP contribution >= 0.6 is 0 Å². The molecule has 3 aliphatic heterocycles. The molecule has 3 saturated heterocycles. The Bertz CT molecular complexity index is 384. The normalized spacial score (nSPS) is 30.0. The molecule has 0 aliphatic carbocycles. The predicted octanol–water partition coefficient (Wildman–Crippen LogP) is 0.0413. The van der Waals surface area contributed by atoms with Crippen molar-refractivity contribution in [3.05, 3.63) is 0 Å². The summed E-state index contributed by atoms with van der Waals surface area (Å²) in [4.78, 5) is 17.5. The first-order valence-electron chi connectivity index (χ1n) is 9.23. The van der Waals surface area contributed by atoms with Crippen molar-refractivity contribution >= 4 is 5.91 Å². The Kier molecular flexibility index (Phi) is 5.91. The van der Waals surface area contributed by atoms with E-state index < -0.39 is 0 Å². The second kappa shape index (κ2) is 7.92. The van der Waals surface area contributed by atoms with E-state index in [1.165, 1.54) is 32.4 Å². The number of carbonyl (C=O) groups is 1. The van der Waals surface area contributed by atoms with Crippen LogP contribution in [0.3, 0.4) is 0 Å². The SMILES string of the molecule is CN1CCC(CNC(=O)C2CNCCO2)(N2CCCCC2)CC1. The van der Waals surface area contributed by atoms with Gasteiger partial charge in [-0.15, -0.1) is 0 Å². The van der Waals surface area contributed by atoms with Crippen LogP contribution in [0.15, 0.2) is 0 Å². The van der Waals surface area contributed by atoms with Gasteiger partial charge in [0.25, 0.3) is 5.91 Å². The lowest BCUT2D eigenvalue weighted by Crippen LogP contribution is -2.62. The van der Waals surface area contributed by atoms with Crippen LogP contribution in [0.5, 0.6) is 0 Å². The summed E-state index contributed by atoms with van der Waals surface area (Å²) < 4.78 is 5.58. The summed E-state index contributed by atoms with van der Waals surface area (Å²) in [5.41, 5.74) is 0.144. The third-order valence-corrected chi connectivity index (χ3v) is 5.76. The Balaban J connectivity index is 1.60. The van der Waals surface area contributed by atoms with Crippen LogP contribution in [-0.4, -0.2) is 86.8 Å². The van der Waals surface area contributed by atoms with Gasteiger partial charge >= 0.3 is 0 Å². The molecule has 6 heteroatoms. The van der Waals surface area contributed by atoms with Gasteiger partial charge in [-0.25, -0.2) is 0 Å². The minimum atomic E-state index is -0.326. The summed E-state index contributed by atoms with van der Waals surface area (Å²) in [6.45, 7) is 7.46. The molecule has 2 N–H and O–H groups in total. The topological polar surface area (TPSA) is 56.8 Å². The molecule has 6 nitrogen and oxygen atoms in total. The number of ether oxygens (including phenoxy) is 1. The van der Waals surface area contributed by atoms with Gasteiger partial charge in [-0.05, 0) is 58.9 Å². The lowest BCUT2D eigenvalue weighted by Gasteiger charge is -2.50. The minimum absolute atomic E-state index is 0.0486. The number of carbonyl (C=O) groups excluding carboxylic acids is 1. The van der Waals surface area contributed by atoms with Gasteiger partial charge in [0.1, 0.15) is 6.10 Å². The maximum absolute atomic E-state index is 12.4. The molecule has 3 fully saturated rings. The first kappa shape index (κ1) is 17.1. The molecule has 3 heterocycles. The van der Waals surface area contributed by atoms with Crippen molar-refractivity contribution in [2.75, 3.05) is 59.5 Å². The molecule has 3 aliphatic rings. The molecule has 1 unspecified atom stereocenters. The summed E-state index contributed by atoms with van der Waals surface area (Å²) in [6, 6.07) is 0. The van der Waals surface area contributed by atoms with E-state index in [1.54, 1.807) is 0 Å². The zero-order valence-electron chi connectivity index (χ0n) is 14.5. The summed E-state index contributed by atoms with van der Waals surface area (Å²) in [5.74, 6) is 0.0486. The fourth-order valence-corrected chi connectivity index (χ4v) is 4.11. The monoisotopic (exact) mass is 324 g/mol. The maximum atomic E-state index is 12.4. The average molecular weight is 324 g/mol. The first-order valence-corrected chi connectivity index (χ1v) is 9.23. The fourth-order valence-electron chi connectivity index (χ4n) is 4.11. The van der Waals surface area contributed by atoms with Crippen LogP contribution in [0.2, 0.25) is 0 Å². The van der Waals surface area contributed by atoms with Gasteiger partial charge in [0, 0.05) is 25.2 Å². The standard InChI is InChI=1S/C17H32N4O2/c1-20-10-5-17(6-11-20,21-8-3-2-4-9-21)14-19-16(22)15-13-18-7-12-23-15/h15,18H,2-14H2,1H3,(H,19,22). The lowest BCUT2D eigenvalue weighted by atomic mass is 9.84. The third-order valence-electron chi connectivity index (χ3n) is 5.76. The molecule has 1 atom stereocenters. The highest BCUT2D eigenvalue weighted by molar-refractivity contribution is 5.81. The lowest BCUT2D eigenvalue weighted by molar-refractivity contribution is -0.135. The van der Waals surface area contributed by atoms with Gasteiger partial charge in [0.2, 0.25) is 0 Å². The number of likely N-dealkylation sites (tertiary alicyclic amines) is 2. The Morgan fingerprint density at radius 2 is 1.96 bits per heavy atom. The highest BCUT2D eigenvalue weighted by Crippen LogP contribution is 2.30. The molecular weight excluding hydrogens is 292 g/mol. The maximum Gasteiger partial charge on any atom is 0.250 e. The number of amides is 1. The molecular formula is C17H32N4O2. The van der Waals surface area contributed by atoms with E-state index in [-0.39, 0.29) is 17.6 Å². The second-order valence-corrected chi connectivity index (χ2v) is 7.36. The Hall–Kier alpha value is -0.690. The molecule has 0 aromatic heterocycles. The molecule has 1 amide bonds. The van der Waals surface area contributed by atoms with Gasteiger partial charge in [-0.3, -0.25) is 9.69 Å². The highest BCUT2D eigenvalue weighted by atomic mass is 16.5. The quantitative estimate of drug-likeness (QED) is 0.765. The van der Waals surface area contributed by atoms with E-state index in [1.807, 2.05) is 0 Å². The van der Waals surface area contributed by atoms with Crippen LogP contribution in [0.4, 0.5) is 0 Å². The van der Waals surface area contributed by atoms with Crippen LogP contribution in [-0.2, 0) is 9.53 Å². The Morgan fingerprint density at radius 1 is 1.22 bits per heavy atom. The molecule has 0 radical (unpaired) electrons. The Morgan fingerprint density at radius 3 is 2.61 bits per heavy atom. The summed E-state index contributed by atoms with van der Waals surface area (Å²) in [6.07, 6.45) is 5.90. The number of nitrogens with zero attached hydrogens (tertiary/aromatic N) is 2. The van der Waals surface area contributed by atoms with Gasteiger partial charge in [0.05, 0.1) is 6.61 Å². The zero-order valence-corrected chi connectivity index (χ0v) is 14.5. The fraction of sp³-hybridized carbons (Fsp3) is 0.941. The zero-order chi connectivity index (χ0) is 16.1. The molecule has 0 saturated carbocycles. The van der Waals surface area contributed by atoms with Crippen molar-refractivity contribution in [1.82, 2.24) is 20.4 Å². The summed E-state index contributed by atoms with van der Waals surface area (Å²) in [7, 11) is 2.19. The highest BCUT2D eigenvalue weighted by Gasteiger charge is 2.40. The van der Waals surface area contributed by atoms with Gasteiger partial charge in [-0.2, -0.15) is 0 Å². The number of hydrogen-bond acceptors (Lipinski definition) is 5. The predicted molar refractivity (Wildman–Crippen MR) is 90.5 cm³/mol. The van der Waals surface area contributed by atoms with Gasteiger partial charge < -0.3 is 20.3 Å². The summed E-state index contributed by atoms with van der Waals surface area (Å²) in [5, 5.41) is 6.44. The third kappa shape index (κ3) is 4.24. The van der Waals surface area contributed by atoms with Crippen LogP contribution in [0.1, 0.15) is 32.1 Å².